The molecule has 1 aromatic rings. The molecule has 0 radical (unpaired) electrons. The molecule has 1 aliphatic carbocycles. The van der Waals surface area contributed by atoms with Gasteiger partial charge in [0.05, 0.1) is 19.8 Å². The minimum Gasteiger partial charge on any atom is -0.378 e. The van der Waals surface area contributed by atoms with Gasteiger partial charge in [0, 0.05) is 30.5 Å². The summed E-state index contributed by atoms with van der Waals surface area (Å²) in [5, 5.41) is 6.47. The van der Waals surface area contributed by atoms with Crippen LogP contribution in [-0.2, 0) is 9.53 Å². The van der Waals surface area contributed by atoms with Gasteiger partial charge in [0.2, 0.25) is 5.91 Å². The first-order chi connectivity index (χ1) is 12.1. The molecule has 2 fully saturated rings. The second-order valence-electron chi connectivity index (χ2n) is 7.49. The van der Waals surface area contributed by atoms with Gasteiger partial charge in [-0.3, -0.25) is 4.79 Å². The number of carbonyl (C=O) groups excluding carboxylic acids is 1. The number of ether oxygens (including phenoxy) is 1. The van der Waals surface area contributed by atoms with Gasteiger partial charge in [0.1, 0.15) is 0 Å². The van der Waals surface area contributed by atoms with Crippen molar-refractivity contribution in [3.8, 4) is 0 Å². The molecule has 138 valence electrons. The first kappa shape index (κ1) is 18.2. The van der Waals surface area contributed by atoms with E-state index in [9.17, 15) is 4.79 Å². The lowest BCUT2D eigenvalue weighted by atomic mass is 9.79. The molecular weight excluding hydrogens is 314 g/mol. The van der Waals surface area contributed by atoms with E-state index in [0.717, 1.165) is 32.0 Å². The van der Waals surface area contributed by atoms with Crippen molar-refractivity contribution in [2.45, 2.75) is 39.2 Å². The second-order valence-corrected chi connectivity index (χ2v) is 7.49. The van der Waals surface area contributed by atoms with E-state index in [-0.39, 0.29) is 5.91 Å². The van der Waals surface area contributed by atoms with E-state index >= 15 is 0 Å². The van der Waals surface area contributed by atoms with Gasteiger partial charge >= 0.3 is 0 Å². The molecule has 5 nitrogen and oxygen atoms in total. The zero-order chi connectivity index (χ0) is 17.6. The van der Waals surface area contributed by atoms with Crippen LogP contribution in [0.2, 0.25) is 0 Å². The lowest BCUT2D eigenvalue weighted by molar-refractivity contribution is -0.115. The molecule has 0 spiro atoms. The molecule has 5 heteroatoms. The summed E-state index contributed by atoms with van der Waals surface area (Å²) >= 11 is 0. The van der Waals surface area contributed by atoms with Crippen LogP contribution in [0, 0.1) is 11.8 Å². The smallest absolute Gasteiger partial charge is 0.238 e. The summed E-state index contributed by atoms with van der Waals surface area (Å²) in [6.45, 7) is 8.36. The highest BCUT2D eigenvalue weighted by Gasteiger charge is 2.27. The number of carbonyl (C=O) groups is 1. The Morgan fingerprint density at radius 1 is 1.12 bits per heavy atom. The second kappa shape index (κ2) is 8.68. The highest BCUT2D eigenvalue weighted by atomic mass is 16.5. The number of hydrogen-bond donors (Lipinski definition) is 2. The zero-order valence-corrected chi connectivity index (χ0v) is 15.5. The molecule has 2 N–H and O–H groups in total. The zero-order valence-electron chi connectivity index (χ0n) is 15.5. The molecule has 25 heavy (non-hydrogen) atoms. The van der Waals surface area contributed by atoms with E-state index in [1.807, 2.05) is 12.1 Å². The molecule has 0 bridgehead atoms. The Bertz CT molecular complexity index is 545. The number of morpholine rings is 1. The van der Waals surface area contributed by atoms with Gasteiger partial charge in [0.15, 0.2) is 0 Å². The van der Waals surface area contributed by atoms with Crippen LogP contribution in [0.25, 0.3) is 0 Å². The summed E-state index contributed by atoms with van der Waals surface area (Å²) in [7, 11) is 0. The number of rotatable bonds is 5. The predicted octanol–water partition coefficient (Wildman–Crippen LogP) is 2.88. The third-order valence-electron chi connectivity index (χ3n) is 5.57. The molecular formula is C20H31N3O2. The topological polar surface area (TPSA) is 53.6 Å². The summed E-state index contributed by atoms with van der Waals surface area (Å²) in [6.07, 6.45) is 3.82. The van der Waals surface area contributed by atoms with Crippen molar-refractivity contribution in [1.82, 2.24) is 5.32 Å². The number of hydrogen-bond acceptors (Lipinski definition) is 4. The van der Waals surface area contributed by atoms with Crippen molar-refractivity contribution in [3.63, 3.8) is 0 Å². The Morgan fingerprint density at radius 3 is 2.40 bits per heavy atom. The van der Waals surface area contributed by atoms with Gasteiger partial charge in [0.25, 0.3) is 0 Å². The fourth-order valence-electron chi connectivity index (χ4n) is 4.08. The molecule has 0 unspecified atom stereocenters. The SMILES string of the molecule is C[C@H]1CCC[C@H](C)C1NCC(=O)Nc1ccc(N2CCOCC2)cc1. The normalized spacial score (nSPS) is 25.0. The summed E-state index contributed by atoms with van der Waals surface area (Å²) in [5.74, 6) is 1.32. The molecule has 1 aromatic carbocycles. The van der Waals surface area contributed by atoms with E-state index in [4.69, 9.17) is 4.74 Å². The highest BCUT2D eigenvalue weighted by Crippen LogP contribution is 2.28. The summed E-state index contributed by atoms with van der Waals surface area (Å²) in [4.78, 5) is 14.6. The maximum Gasteiger partial charge on any atom is 0.238 e. The molecule has 1 saturated heterocycles. The summed E-state index contributed by atoms with van der Waals surface area (Å²) in [6, 6.07) is 8.55. The van der Waals surface area contributed by atoms with E-state index in [1.54, 1.807) is 0 Å². The third-order valence-corrected chi connectivity index (χ3v) is 5.57. The lowest BCUT2D eigenvalue weighted by Gasteiger charge is -2.35. The Kier molecular flexibility index (Phi) is 6.32. The average molecular weight is 345 g/mol. The quantitative estimate of drug-likeness (QED) is 0.862. The van der Waals surface area contributed by atoms with Crippen LogP contribution in [0.1, 0.15) is 33.1 Å². The largest absolute Gasteiger partial charge is 0.378 e. The Morgan fingerprint density at radius 2 is 1.76 bits per heavy atom. The van der Waals surface area contributed by atoms with Crippen LogP contribution >= 0.6 is 0 Å². The minimum atomic E-state index is 0.0316. The summed E-state index contributed by atoms with van der Waals surface area (Å²) in [5.41, 5.74) is 2.04. The van der Waals surface area contributed by atoms with Gasteiger partial charge in [-0.25, -0.2) is 0 Å². The molecule has 1 saturated carbocycles. The van der Waals surface area contributed by atoms with Crippen molar-refractivity contribution in [1.29, 1.82) is 0 Å². The van der Waals surface area contributed by atoms with E-state index < -0.39 is 0 Å². The van der Waals surface area contributed by atoms with Crippen LogP contribution in [0.5, 0.6) is 0 Å². The maximum absolute atomic E-state index is 12.3. The number of amides is 1. The van der Waals surface area contributed by atoms with Gasteiger partial charge in [-0.15, -0.1) is 0 Å². The van der Waals surface area contributed by atoms with Crippen molar-refractivity contribution < 1.29 is 9.53 Å². The van der Waals surface area contributed by atoms with E-state index in [1.165, 1.54) is 24.9 Å². The number of nitrogens with zero attached hydrogens (tertiary/aromatic N) is 1. The first-order valence-electron chi connectivity index (χ1n) is 9.59. The fraction of sp³-hybridized carbons (Fsp3) is 0.650. The van der Waals surface area contributed by atoms with Crippen molar-refractivity contribution in [2.24, 2.45) is 11.8 Å². The highest BCUT2D eigenvalue weighted by molar-refractivity contribution is 5.92. The first-order valence-corrected chi connectivity index (χ1v) is 9.59. The average Bonchev–Trinajstić information content (AvgIpc) is 2.63. The van der Waals surface area contributed by atoms with Gasteiger partial charge in [-0.2, -0.15) is 0 Å². The fourth-order valence-corrected chi connectivity index (χ4v) is 4.08. The van der Waals surface area contributed by atoms with Crippen LogP contribution in [0.3, 0.4) is 0 Å². The Labute approximate surface area is 151 Å². The van der Waals surface area contributed by atoms with Crippen LogP contribution in [0.4, 0.5) is 11.4 Å². The number of nitrogens with one attached hydrogen (secondary N) is 2. The van der Waals surface area contributed by atoms with Crippen LogP contribution < -0.4 is 15.5 Å². The molecule has 0 aromatic heterocycles. The third kappa shape index (κ3) is 4.95. The molecule has 2 atom stereocenters. The molecule has 1 heterocycles. The monoisotopic (exact) mass is 345 g/mol. The molecule has 2 aliphatic rings. The van der Waals surface area contributed by atoms with Crippen LogP contribution in [-0.4, -0.2) is 44.8 Å². The number of benzene rings is 1. The van der Waals surface area contributed by atoms with E-state index in [0.29, 0.717) is 24.4 Å². The molecule has 1 aliphatic heterocycles. The van der Waals surface area contributed by atoms with Gasteiger partial charge in [-0.05, 0) is 48.9 Å². The van der Waals surface area contributed by atoms with Gasteiger partial charge in [-0.1, -0.05) is 20.3 Å². The van der Waals surface area contributed by atoms with Gasteiger partial charge < -0.3 is 20.3 Å². The Hall–Kier alpha value is -1.59. The Balaban J connectivity index is 1.47. The van der Waals surface area contributed by atoms with Crippen LogP contribution in [0.15, 0.2) is 24.3 Å². The summed E-state index contributed by atoms with van der Waals surface area (Å²) < 4.78 is 5.38. The number of anilines is 2. The maximum atomic E-state index is 12.3. The minimum absolute atomic E-state index is 0.0316. The lowest BCUT2D eigenvalue weighted by Crippen LogP contribution is -2.45. The standard InChI is InChI=1S/C20H31N3O2/c1-15-4-3-5-16(2)20(15)21-14-19(24)22-17-6-8-18(9-7-17)23-10-12-25-13-11-23/h6-9,15-16,20-21H,3-5,10-14H2,1-2H3,(H,22,24)/t15-,16-/m0/s1. The van der Waals surface area contributed by atoms with E-state index in [2.05, 4.69) is 41.5 Å². The van der Waals surface area contributed by atoms with Crippen molar-refractivity contribution >= 4 is 17.3 Å². The molecule has 3 rings (SSSR count). The predicted molar refractivity (Wildman–Crippen MR) is 102 cm³/mol. The molecule has 1 amide bonds. The van der Waals surface area contributed by atoms with Crippen molar-refractivity contribution in [3.05, 3.63) is 24.3 Å². The van der Waals surface area contributed by atoms with Crippen molar-refractivity contribution in [2.75, 3.05) is 43.1 Å².